The summed E-state index contributed by atoms with van der Waals surface area (Å²) in [5, 5.41) is 0. The highest BCUT2D eigenvalue weighted by Gasteiger charge is 2.17. The lowest BCUT2D eigenvalue weighted by molar-refractivity contribution is 0.399. The van der Waals surface area contributed by atoms with Gasteiger partial charge in [0.2, 0.25) is 0 Å². The van der Waals surface area contributed by atoms with Crippen LogP contribution in [0.25, 0.3) is 0 Å². The molecule has 0 N–H and O–H groups in total. The minimum Gasteiger partial charge on any atom is -0.496 e. The third kappa shape index (κ3) is 6.45. The molecular formula is C19H34O. The van der Waals surface area contributed by atoms with E-state index in [9.17, 15) is 0 Å². The lowest BCUT2D eigenvalue weighted by Gasteiger charge is -2.22. The average molecular weight is 278 g/mol. The second kappa shape index (κ2) is 11.8. The standard InChI is InChI=1S/C12H16O.C5H12.C2H6/c1-9-6-7-11-10(8-9)4-3-5-12(11)13-2;1-3-5-4-2;1-2/h3-5,9H,6-8H2,1-2H3;3-5H2,1-2H3;1-2H3. The molecule has 0 aliphatic heterocycles. The van der Waals surface area contributed by atoms with Gasteiger partial charge >= 0.3 is 0 Å². The maximum atomic E-state index is 5.35. The fraction of sp³-hybridized carbons (Fsp3) is 0.684. The summed E-state index contributed by atoms with van der Waals surface area (Å²) in [5.74, 6) is 1.91. The minimum atomic E-state index is 0.833. The maximum absolute atomic E-state index is 5.35. The first kappa shape index (κ1) is 19.0. The van der Waals surface area contributed by atoms with E-state index < -0.39 is 0 Å². The Morgan fingerprint density at radius 3 is 2.30 bits per heavy atom. The molecule has 0 saturated carbocycles. The summed E-state index contributed by atoms with van der Waals surface area (Å²) < 4.78 is 5.35. The average Bonchev–Trinajstić information content (AvgIpc) is 2.49. The summed E-state index contributed by atoms with van der Waals surface area (Å²) in [4.78, 5) is 0. The van der Waals surface area contributed by atoms with E-state index in [4.69, 9.17) is 4.74 Å². The van der Waals surface area contributed by atoms with Gasteiger partial charge in [0.25, 0.3) is 0 Å². The lowest BCUT2D eigenvalue weighted by Crippen LogP contribution is -2.12. The predicted octanol–water partition coefficient (Wildman–Crippen LogP) is 6.04. The molecule has 0 fully saturated rings. The normalized spacial score (nSPS) is 16.0. The number of hydrogen-bond donors (Lipinski definition) is 0. The van der Waals surface area contributed by atoms with Crippen LogP contribution in [0.4, 0.5) is 0 Å². The molecule has 116 valence electrons. The van der Waals surface area contributed by atoms with Crippen LogP contribution in [-0.4, -0.2) is 7.11 Å². The van der Waals surface area contributed by atoms with Gasteiger partial charge in [0.1, 0.15) is 5.75 Å². The molecule has 1 atom stereocenters. The highest BCUT2D eigenvalue weighted by Crippen LogP contribution is 2.31. The van der Waals surface area contributed by atoms with E-state index >= 15 is 0 Å². The van der Waals surface area contributed by atoms with Gasteiger partial charge in [-0.2, -0.15) is 0 Å². The zero-order valence-corrected chi connectivity index (χ0v) is 14.5. The number of unbranched alkanes of at least 4 members (excludes halogenated alkanes) is 2. The largest absolute Gasteiger partial charge is 0.496 e. The Labute approximate surface area is 126 Å². The van der Waals surface area contributed by atoms with Gasteiger partial charge in [-0.05, 0) is 42.4 Å². The third-order valence-corrected chi connectivity index (χ3v) is 3.61. The number of ether oxygens (including phenoxy) is 1. The first-order valence-corrected chi connectivity index (χ1v) is 8.37. The van der Waals surface area contributed by atoms with Crippen molar-refractivity contribution in [1.29, 1.82) is 0 Å². The molecule has 1 heteroatoms. The highest BCUT2D eigenvalue weighted by atomic mass is 16.5. The van der Waals surface area contributed by atoms with Crippen molar-refractivity contribution in [2.45, 2.75) is 73.1 Å². The molecule has 0 heterocycles. The molecule has 0 bridgehead atoms. The van der Waals surface area contributed by atoms with Gasteiger partial charge in [0.05, 0.1) is 7.11 Å². The Balaban J connectivity index is 0.000000441. The molecule has 0 spiro atoms. The molecule has 0 amide bonds. The van der Waals surface area contributed by atoms with Crippen molar-refractivity contribution in [3.63, 3.8) is 0 Å². The SMILES string of the molecule is CC.CCCCC.COc1cccc2c1CCC(C)C2. The van der Waals surface area contributed by atoms with Gasteiger partial charge in [-0.3, -0.25) is 0 Å². The van der Waals surface area contributed by atoms with Crippen LogP contribution in [0.2, 0.25) is 0 Å². The van der Waals surface area contributed by atoms with Crippen LogP contribution in [0.15, 0.2) is 18.2 Å². The Morgan fingerprint density at radius 1 is 1.15 bits per heavy atom. The Hall–Kier alpha value is -0.980. The first-order valence-electron chi connectivity index (χ1n) is 8.37. The lowest BCUT2D eigenvalue weighted by atomic mass is 9.84. The maximum Gasteiger partial charge on any atom is 0.122 e. The number of fused-ring (bicyclic) bond motifs is 1. The van der Waals surface area contributed by atoms with Crippen LogP contribution < -0.4 is 4.74 Å². The molecular weight excluding hydrogens is 244 g/mol. The monoisotopic (exact) mass is 278 g/mol. The van der Waals surface area contributed by atoms with Crippen LogP contribution in [0.3, 0.4) is 0 Å². The van der Waals surface area contributed by atoms with E-state index in [2.05, 4.69) is 39.0 Å². The van der Waals surface area contributed by atoms with E-state index in [0.29, 0.717) is 0 Å². The molecule has 0 saturated heterocycles. The van der Waals surface area contributed by atoms with Gasteiger partial charge in [0, 0.05) is 0 Å². The molecule has 2 rings (SSSR count). The fourth-order valence-corrected chi connectivity index (χ4v) is 2.50. The fourth-order valence-electron chi connectivity index (χ4n) is 2.50. The summed E-state index contributed by atoms with van der Waals surface area (Å²) in [7, 11) is 1.76. The van der Waals surface area contributed by atoms with Crippen molar-refractivity contribution in [3.8, 4) is 5.75 Å². The summed E-state index contributed by atoms with van der Waals surface area (Å²) in [6, 6.07) is 6.39. The van der Waals surface area contributed by atoms with Crippen molar-refractivity contribution in [1.82, 2.24) is 0 Å². The quantitative estimate of drug-likeness (QED) is 0.654. The Bertz CT molecular complexity index is 342. The molecule has 1 aromatic rings. The molecule has 1 nitrogen and oxygen atoms in total. The summed E-state index contributed by atoms with van der Waals surface area (Å²) >= 11 is 0. The minimum absolute atomic E-state index is 0.833. The van der Waals surface area contributed by atoms with Gasteiger partial charge in [-0.25, -0.2) is 0 Å². The van der Waals surface area contributed by atoms with Crippen LogP contribution in [0, 0.1) is 5.92 Å². The molecule has 1 aliphatic rings. The summed E-state index contributed by atoms with van der Waals surface area (Å²) in [5.41, 5.74) is 2.92. The van der Waals surface area contributed by atoms with E-state index in [1.54, 1.807) is 7.11 Å². The summed E-state index contributed by atoms with van der Waals surface area (Å²) in [6.45, 7) is 10.7. The molecule has 0 aromatic heterocycles. The molecule has 20 heavy (non-hydrogen) atoms. The van der Waals surface area contributed by atoms with E-state index in [1.165, 1.54) is 49.7 Å². The molecule has 0 radical (unpaired) electrons. The van der Waals surface area contributed by atoms with E-state index in [1.807, 2.05) is 13.8 Å². The van der Waals surface area contributed by atoms with E-state index in [0.717, 1.165) is 11.7 Å². The number of benzene rings is 1. The molecule has 1 unspecified atom stereocenters. The van der Waals surface area contributed by atoms with E-state index in [-0.39, 0.29) is 0 Å². The zero-order valence-electron chi connectivity index (χ0n) is 14.5. The van der Waals surface area contributed by atoms with Crippen molar-refractivity contribution in [2.24, 2.45) is 5.92 Å². The second-order valence-electron chi connectivity index (χ2n) is 5.30. The zero-order chi connectivity index (χ0) is 15.4. The Kier molecular flexibility index (Phi) is 11.2. The van der Waals surface area contributed by atoms with Crippen molar-refractivity contribution >= 4 is 0 Å². The number of methoxy groups -OCH3 is 1. The Morgan fingerprint density at radius 2 is 1.80 bits per heavy atom. The van der Waals surface area contributed by atoms with Crippen LogP contribution in [-0.2, 0) is 12.8 Å². The highest BCUT2D eigenvalue weighted by molar-refractivity contribution is 5.41. The smallest absolute Gasteiger partial charge is 0.122 e. The van der Waals surface area contributed by atoms with Crippen molar-refractivity contribution < 1.29 is 4.74 Å². The van der Waals surface area contributed by atoms with Crippen molar-refractivity contribution in [2.75, 3.05) is 7.11 Å². The molecule has 1 aliphatic carbocycles. The molecule has 1 aromatic carbocycles. The van der Waals surface area contributed by atoms with Gasteiger partial charge in [-0.15, -0.1) is 0 Å². The van der Waals surface area contributed by atoms with Gasteiger partial charge in [-0.1, -0.05) is 66.0 Å². The first-order chi connectivity index (χ1) is 9.72. The predicted molar refractivity (Wildman–Crippen MR) is 90.7 cm³/mol. The van der Waals surface area contributed by atoms with Gasteiger partial charge in [0.15, 0.2) is 0 Å². The second-order valence-corrected chi connectivity index (χ2v) is 5.30. The number of rotatable bonds is 3. The third-order valence-electron chi connectivity index (χ3n) is 3.61. The topological polar surface area (TPSA) is 9.23 Å². The summed E-state index contributed by atoms with van der Waals surface area (Å²) in [6.07, 6.45) is 7.77. The number of hydrogen-bond acceptors (Lipinski definition) is 1. The van der Waals surface area contributed by atoms with Crippen molar-refractivity contribution in [3.05, 3.63) is 29.3 Å². The van der Waals surface area contributed by atoms with Crippen LogP contribution in [0.5, 0.6) is 5.75 Å². The van der Waals surface area contributed by atoms with Crippen LogP contribution >= 0.6 is 0 Å². The van der Waals surface area contributed by atoms with Crippen LogP contribution in [0.1, 0.15) is 71.4 Å². The van der Waals surface area contributed by atoms with Gasteiger partial charge < -0.3 is 4.74 Å².